The van der Waals surface area contributed by atoms with E-state index in [9.17, 15) is 18.4 Å². The molecule has 0 aliphatic carbocycles. The van der Waals surface area contributed by atoms with Crippen LogP contribution in [-0.4, -0.2) is 33.5 Å². The van der Waals surface area contributed by atoms with Gasteiger partial charge in [0.25, 0.3) is 12.3 Å². The zero-order valence-electron chi connectivity index (χ0n) is 10.2. The summed E-state index contributed by atoms with van der Waals surface area (Å²) in [5.41, 5.74) is 0.904. The first-order chi connectivity index (χ1) is 9.47. The van der Waals surface area contributed by atoms with Crippen LogP contribution in [0.1, 0.15) is 29.0 Å². The topological polar surface area (TPSA) is 95.1 Å². The van der Waals surface area contributed by atoms with Gasteiger partial charge in [0.15, 0.2) is 5.82 Å². The van der Waals surface area contributed by atoms with Gasteiger partial charge in [0.05, 0.1) is 17.5 Å². The van der Waals surface area contributed by atoms with Gasteiger partial charge in [-0.2, -0.15) is 0 Å². The number of carboxylic acids is 1. The predicted octanol–water partition coefficient (Wildman–Crippen LogP) is 1.71. The number of alkyl halides is 2. The summed E-state index contributed by atoms with van der Waals surface area (Å²) < 4.78 is 25.0. The molecule has 2 aromatic rings. The Bertz CT molecular complexity index is 654. The summed E-state index contributed by atoms with van der Waals surface area (Å²) >= 11 is 0. The molecule has 106 valence electrons. The Balaban J connectivity index is 2.14. The molecule has 0 spiro atoms. The Morgan fingerprint density at radius 1 is 1.40 bits per heavy atom. The van der Waals surface area contributed by atoms with Crippen LogP contribution < -0.4 is 5.32 Å². The number of aromatic amines is 1. The maximum Gasteiger partial charge on any atom is 0.305 e. The van der Waals surface area contributed by atoms with Crippen LogP contribution in [0.4, 0.5) is 8.78 Å². The molecule has 20 heavy (non-hydrogen) atoms. The third kappa shape index (κ3) is 3.08. The third-order valence-electron chi connectivity index (χ3n) is 2.59. The second-order valence-corrected chi connectivity index (χ2v) is 4.05. The molecule has 0 saturated heterocycles. The van der Waals surface area contributed by atoms with Crippen molar-refractivity contribution in [1.29, 1.82) is 0 Å². The smallest absolute Gasteiger partial charge is 0.305 e. The number of fused-ring (bicyclic) bond motifs is 1. The minimum Gasteiger partial charge on any atom is -0.481 e. The number of carboxylic acid groups (broad SMARTS) is 1. The summed E-state index contributed by atoms with van der Waals surface area (Å²) in [5.74, 6) is -1.94. The van der Waals surface area contributed by atoms with E-state index in [1.165, 1.54) is 18.2 Å². The fourth-order valence-corrected chi connectivity index (χ4v) is 1.66. The van der Waals surface area contributed by atoms with Crippen molar-refractivity contribution >= 4 is 22.9 Å². The van der Waals surface area contributed by atoms with Gasteiger partial charge in [0.1, 0.15) is 0 Å². The van der Waals surface area contributed by atoms with E-state index in [4.69, 9.17) is 5.11 Å². The van der Waals surface area contributed by atoms with Gasteiger partial charge < -0.3 is 15.4 Å². The number of hydrogen-bond donors (Lipinski definition) is 3. The molecule has 2 rings (SSSR count). The average Bonchev–Trinajstić information content (AvgIpc) is 2.81. The van der Waals surface area contributed by atoms with Gasteiger partial charge in [0.2, 0.25) is 0 Å². The lowest BCUT2D eigenvalue weighted by Crippen LogP contribution is -2.25. The number of imidazole rings is 1. The van der Waals surface area contributed by atoms with Gasteiger partial charge in [-0.15, -0.1) is 0 Å². The summed E-state index contributed by atoms with van der Waals surface area (Å²) in [6, 6.07) is 4.28. The van der Waals surface area contributed by atoms with E-state index in [0.29, 0.717) is 11.0 Å². The highest BCUT2D eigenvalue weighted by atomic mass is 19.3. The monoisotopic (exact) mass is 283 g/mol. The van der Waals surface area contributed by atoms with Gasteiger partial charge >= 0.3 is 5.97 Å². The number of carbonyl (C=O) groups excluding carboxylic acids is 1. The Labute approximate surface area is 111 Å². The Morgan fingerprint density at radius 2 is 2.15 bits per heavy atom. The molecule has 0 aliphatic rings. The van der Waals surface area contributed by atoms with Gasteiger partial charge in [-0.1, -0.05) is 0 Å². The van der Waals surface area contributed by atoms with Crippen molar-refractivity contribution < 1.29 is 23.5 Å². The molecular formula is C12H11F2N3O3. The molecule has 6 nitrogen and oxygen atoms in total. The number of hydrogen-bond acceptors (Lipinski definition) is 3. The molecule has 0 fully saturated rings. The van der Waals surface area contributed by atoms with Crippen molar-refractivity contribution in [2.24, 2.45) is 0 Å². The number of rotatable bonds is 5. The molecule has 1 aromatic heterocycles. The first kappa shape index (κ1) is 13.9. The molecule has 0 radical (unpaired) electrons. The quantitative estimate of drug-likeness (QED) is 0.778. The van der Waals surface area contributed by atoms with Crippen molar-refractivity contribution in [2.45, 2.75) is 12.8 Å². The highest BCUT2D eigenvalue weighted by Crippen LogP contribution is 2.20. The minimum absolute atomic E-state index is 0.00252. The molecule has 0 bridgehead atoms. The standard InChI is InChI=1S/C12H11F2N3O3/c13-10(14)11-16-7-2-1-6(5-8(7)17-11)12(20)15-4-3-9(18)19/h1-2,5,10H,3-4H2,(H,15,20)(H,16,17)(H,18,19). The second kappa shape index (κ2) is 5.64. The first-order valence-electron chi connectivity index (χ1n) is 5.75. The number of nitrogens with one attached hydrogen (secondary N) is 2. The second-order valence-electron chi connectivity index (χ2n) is 4.05. The molecule has 8 heteroatoms. The zero-order valence-corrected chi connectivity index (χ0v) is 10.2. The minimum atomic E-state index is -2.71. The number of carbonyl (C=O) groups is 2. The van der Waals surface area contributed by atoms with Crippen LogP contribution >= 0.6 is 0 Å². The molecular weight excluding hydrogens is 272 g/mol. The Morgan fingerprint density at radius 3 is 2.80 bits per heavy atom. The molecule has 0 saturated carbocycles. The molecule has 1 aromatic carbocycles. The molecule has 0 aliphatic heterocycles. The molecule has 1 amide bonds. The molecule has 0 atom stereocenters. The maximum atomic E-state index is 12.5. The lowest BCUT2D eigenvalue weighted by Gasteiger charge is -2.03. The van der Waals surface area contributed by atoms with Gasteiger partial charge in [-0.05, 0) is 18.2 Å². The molecule has 0 unspecified atom stereocenters. The van der Waals surface area contributed by atoms with Crippen molar-refractivity contribution in [3.8, 4) is 0 Å². The highest BCUT2D eigenvalue weighted by molar-refractivity contribution is 5.97. The van der Waals surface area contributed by atoms with Crippen LogP contribution in [0, 0.1) is 0 Å². The van der Waals surface area contributed by atoms with E-state index in [2.05, 4.69) is 15.3 Å². The summed E-state index contributed by atoms with van der Waals surface area (Å²) in [6.45, 7) is -0.00252. The summed E-state index contributed by atoms with van der Waals surface area (Å²) in [5, 5.41) is 10.9. The number of H-pyrrole nitrogens is 1. The SMILES string of the molecule is O=C(O)CCNC(=O)c1ccc2nc(C(F)F)[nH]c2c1. The highest BCUT2D eigenvalue weighted by Gasteiger charge is 2.14. The number of halogens is 2. The first-order valence-corrected chi connectivity index (χ1v) is 5.75. The van der Waals surface area contributed by atoms with E-state index in [1.54, 1.807) is 0 Å². The Hall–Kier alpha value is -2.51. The van der Waals surface area contributed by atoms with Crippen LogP contribution in [-0.2, 0) is 4.79 Å². The summed E-state index contributed by atoms with van der Waals surface area (Å²) in [6.07, 6.45) is -2.90. The van der Waals surface area contributed by atoms with Crippen molar-refractivity contribution in [3.05, 3.63) is 29.6 Å². The van der Waals surface area contributed by atoms with Crippen molar-refractivity contribution in [3.63, 3.8) is 0 Å². The van der Waals surface area contributed by atoms with E-state index < -0.39 is 24.1 Å². The van der Waals surface area contributed by atoms with Gasteiger partial charge in [-0.25, -0.2) is 13.8 Å². The van der Waals surface area contributed by atoms with E-state index >= 15 is 0 Å². The van der Waals surface area contributed by atoms with Crippen LogP contribution in [0.15, 0.2) is 18.2 Å². The van der Waals surface area contributed by atoms with Crippen LogP contribution in [0.2, 0.25) is 0 Å². The number of aliphatic carboxylic acids is 1. The lowest BCUT2D eigenvalue weighted by atomic mass is 10.2. The maximum absolute atomic E-state index is 12.5. The van der Waals surface area contributed by atoms with E-state index in [0.717, 1.165) is 0 Å². The van der Waals surface area contributed by atoms with Crippen LogP contribution in [0.5, 0.6) is 0 Å². The number of benzene rings is 1. The largest absolute Gasteiger partial charge is 0.481 e. The zero-order chi connectivity index (χ0) is 14.7. The van der Waals surface area contributed by atoms with Crippen LogP contribution in [0.3, 0.4) is 0 Å². The van der Waals surface area contributed by atoms with Crippen molar-refractivity contribution in [2.75, 3.05) is 6.54 Å². The number of aromatic nitrogens is 2. The normalized spacial score (nSPS) is 10.9. The third-order valence-corrected chi connectivity index (χ3v) is 2.59. The summed E-state index contributed by atoms with van der Waals surface area (Å²) in [7, 11) is 0. The average molecular weight is 283 g/mol. The fraction of sp³-hybridized carbons (Fsp3) is 0.250. The van der Waals surface area contributed by atoms with Gasteiger partial charge in [-0.3, -0.25) is 9.59 Å². The lowest BCUT2D eigenvalue weighted by molar-refractivity contribution is -0.136. The Kier molecular flexibility index (Phi) is 3.92. The predicted molar refractivity (Wildman–Crippen MR) is 65.6 cm³/mol. The molecule has 1 heterocycles. The van der Waals surface area contributed by atoms with Crippen molar-refractivity contribution in [1.82, 2.24) is 15.3 Å². The van der Waals surface area contributed by atoms with Crippen LogP contribution in [0.25, 0.3) is 11.0 Å². The fourth-order valence-electron chi connectivity index (χ4n) is 1.66. The molecule has 3 N–H and O–H groups in total. The number of nitrogens with zero attached hydrogens (tertiary/aromatic N) is 1. The summed E-state index contributed by atoms with van der Waals surface area (Å²) in [4.78, 5) is 28.2. The van der Waals surface area contributed by atoms with E-state index in [-0.39, 0.29) is 18.5 Å². The van der Waals surface area contributed by atoms with Gasteiger partial charge in [0, 0.05) is 12.1 Å². The van der Waals surface area contributed by atoms with E-state index in [1.807, 2.05) is 0 Å². The number of amides is 1.